The quantitative estimate of drug-likeness (QED) is 0.634. The smallest absolute Gasteiger partial charge is 0.336 e. The third kappa shape index (κ3) is 4.91. The van der Waals surface area contributed by atoms with E-state index < -0.39 is 0 Å². The maximum Gasteiger partial charge on any atom is 0.336 e. The number of nitrogens with one attached hydrogen (secondary N) is 2. The Morgan fingerprint density at radius 1 is 1.27 bits per heavy atom. The van der Waals surface area contributed by atoms with Crippen LogP contribution in [0.2, 0.25) is 0 Å². The van der Waals surface area contributed by atoms with Gasteiger partial charge in [-0.25, -0.2) is 5.10 Å². The van der Waals surface area contributed by atoms with Crippen molar-refractivity contribution in [2.24, 2.45) is 0 Å². The van der Waals surface area contributed by atoms with Crippen LogP contribution < -0.4 is 14.8 Å². The number of H-pyrrole nitrogens is 1. The summed E-state index contributed by atoms with van der Waals surface area (Å²) in [6, 6.07) is 11.4. The number of nitrogens with zero attached hydrogens (tertiary/aromatic N) is 3. The van der Waals surface area contributed by atoms with Gasteiger partial charge in [0.05, 0.1) is 7.11 Å². The molecule has 0 aliphatic rings. The zero-order valence-corrected chi connectivity index (χ0v) is 14.0. The standard InChI is InChI=1S/C18H17N5O3/c1-25-18-21-17(22-23-18)20-16(24)9-6-13-4-7-15(8-5-13)26-12-14-3-2-10-19-11-14/h2-11H,12H2,1H3,(H2,20,21,22,23,24). The van der Waals surface area contributed by atoms with Gasteiger partial charge in [-0.3, -0.25) is 15.1 Å². The molecule has 2 heterocycles. The van der Waals surface area contributed by atoms with E-state index >= 15 is 0 Å². The number of ether oxygens (including phenoxy) is 2. The average Bonchev–Trinajstić information content (AvgIpc) is 3.14. The van der Waals surface area contributed by atoms with E-state index in [-0.39, 0.29) is 17.9 Å². The number of benzene rings is 1. The number of hydrogen-bond donors (Lipinski definition) is 2. The van der Waals surface area contributed by atoms with Gasteiger partial charge in [-0.1, -0.05) is 18.2 Å². The molecule has 26 heavy (non-hydrogen) atoms. The molecule has 2 aromatic heterocycles. The van der Waals surface area contributed by atoms with Crippen LogP contribution in [0, 0.1) is 0 Å². The Labute approximate surface area is 149 Å². The fraction of sp³-hybridized carbons (Fsp3) is 0.111. The summed E-state index contributed by atoms with van der Waals surface area (Å²) in [6.45, 7) is 0.450. The lowest BCUT2D eigenvalue weighted by molar-refractivity contribution is -0.111. The predicted octanol–water partition coefficient (Wildman–Crippen LogP) is 2.44. The molecule has 1 amide bonds. The van der Waals surface area contributed by atoms with Crippen molar-refractivity contribution in [3.63, 3.8) is 0 Å². The summed E-state index contributed by atoms with van der Waals surface area (Å²) in [5, 5.41) is 8.84. The number of carbonyl (C=O) groups excluding carboxylic acids is 1. The molecular weight excluding hydrogens is 334 g/mol. The van der Waals surface area contributed by atoms with Crippen LogP contribution in [-0.2, 0) is 11.4 Å². The zero-order valence-electron chi connectivity index (χ0n) is 14.0. The van der Waals surface area contributed by atoms with Gasteiger partial charge in [0.25, 0.3) is 5.91 Å². The van der Waals surface area contributed by atoms with E-state index in [4.69, 9.17) is 9.47 Å². The number of aromatic nitrogens is 4. The van der Waals surface area contributed by atoms with Gasteiger partial charge in [0.2, 0.25) is 5.95 Å². The third-order valence-corrected chi connectivity index (χ3v) is 3.32. The number of rotatable bonds is 7. The van der Waals surface area contributed by atoms with E-state index in [0.29, 0.717) is 6.61 Å². The van der Waals surface area contributed by atoms with Crippen molar-refractivity contribution in [1.29, 1.82) is 0 Å². The minimum absolute atomic E-state index is 0.158. The largest absolute Gasteiger partial charge is 0.489 e. The van der Waals surface area contributed by atoms with Crippen molar-refractivity contribution >= 4 is 17.9 Å². The van der Waals surface area contributed by atoms with Crippen LogP contribution in [0.4, 0.5) is 5.95 Å². The molecule has 0 spiro atoms. The van der Waals surface area contributed by atoms with Gasteiger partial charge in [-0.05, 0) is 29.8 Å². The lowest BCUT2D eigenvalue weighted by Gasteiger charge is -2.06. The van der Waals surface area contributed by atoms with E-state index in [9.17, 15) is 4.79 Å². The molecule has 2 N–H and O–H groups in total. The second-order valence-electron chi connectivity index (χ2n) is 5.21. The highest BCUT2D eigenvalue weighted by molar-refractivity contribution is 6.00. The molecule has 8 nitrogen and oxygen atoms in total. The molecular formula is C18H17N5O3. The fourth-order valence-electron chi connectivity index (χ4n) is 2.05. The van der Waals surface area contributed by atoms with E-state index in [1.165, 1.54) is 13.2 Å². The Morgan fingerprint density at radius 3 is 2.81 bits per heavy atom. The Bertz CT molecular complexity index is 875. The molecule has 0 bridgehead atoms. The van der Waals surface area contributed by atoms with Crippen LogP contribution in [0.25, 0.3) is 6.08 Å². The van der Waals surface area contributed by atoms with Crippen LogP contribution in [0.15, 0.2) is 54.9 Å². The summed E-state index contributed by atoms with van der Waals surface area (Å²) in [5.74, 6) is 0.626. The second-order valence-corrected chi connectivity index (χ2v) is 5.21. The molecule has 8 heteroatoms. The molecule has 3 aromatic rings. The van der Waals surface area contributed by atoms with Crippen LogP contribution in [0.5, 0.6) is 11.8 Å². The molecule has 0 unspecified atom stereocenters. The molecule has 0 atom stereocenters. The van der Waals surface area contributed by atoms with Crippen molar-refractivity contribution in [3.8, 4) is 11.8 Å². The molecule has 0 radical (unpaired) electrons. The van der Waals surface area contributed by atoms with E-state index in [1.54, 1.807) is 18.5 Å². The number of carbonyl (C=O) groups is 1. The number of anilines is 1. The van der Waals surface area contributed by atoms with Crippen molar-refractivity contribution in [1.82, 2.24) is 20.2 Å². The molecule has 1 aromatic carbocycles. The van der Waals surface area contributed by atoms with Crippen LogP contribution in [0.3, 0.4) is 0 Å². The topological polar surface area (TPSA) is 102 Å². The first-order valence-corrected chi connectivity index (χ1v) is 7.80. The molecule has 132 valence electrons. The number of hydrogen-bond acceptors (Lipinski definition) is 6. The van der Waals surface area contributed by atoms with Crippen LogP contribution in [0.1, 0.15) is 11.1 Å². The average molecular weight is 351 g/mol. The minimum Gasteiger partial charge on any atom is -0.489 e. The maximum atomic E-state index is 11.9. The van der Waals surface area contributed by atoms with Crippen molar-refractivity contribution < 1.29 is 14.3 Å². The Morgan fingerprint density at radius 2 is 2.12 bits per heavy atom. The van der Waals surface area contributed by atoms with Gasteiger partial charge in [0.1, 0.15) is 12.4 Å². The summed E-state index contributed by atoms with van der Waals surface area (Å²) >= 11 is 0. The first kappa shape index (κ1) is 17.2. The summed E-state index contributed by atoms with van der Waals surface area (Å²) < 4.78 is 10.5. The predicted molar refractivity (Wildman–Crippen MR) is 95.6 cm³/mol. The highest BCUT2D eigenvalue weighted by Crippen LogP contribution is 2.15. The summed E-state index contributed by atoms with van der Waals surface area (Å²) in [4.78, 5) is 19.8. The molecule has 0 saturated heterocycles. The van der Waals surface area contributed by atoms with Gasteiger partial charge < -0.3 is 9.47 Å². The molecule has 0 fully saturated rings. The Hall–Kier alpha value is -3.68. The number of methoxy groups -OCH3 is 1. The van der Waals surface area contributed by atoms with Gasteiger partial charge >= 0.3 is 6.01 Å². The highest BCUT2D eigenvalue weighted by atomic mass is 16.5. The normalized spacial score (nSPS) is 10.7. The van der Waals surface area contributed by atoms with Crippen LogP contribution >= 0.6 is 0 Å². The lowest BCUT2D eigenvalue weighted by atomic mass is 10.2. The molecule has 0 aliphatic heterocycles. The van der Waals surface area contributed by atoms with Gasteiger partial charge in [0, 0.05) is 24.0 Å². The number of amides is 1. The monoisotopic (exact) mass is 351 g/mol. The van der Waals surface area contributed by atoms with Gasteiger partial charge in [-0.15, -0.1) is 5.10 Å². The van der Waals surface area contributed by atoms with E-state index in [1.807, 2.05) is 36.4 Å². The van der Waals surface area contributed by atoms with Crippen molar-refractivity contribution in [3.05, 3.63) is 66.0 Å². The lowest BCUT2D eigenvalue weighted by Crippen LogP contribution is -2.09. The van der Waals surface area contributed by atoms with Gasteiger partial charge in [-0.2, -0.15) is 4.98 Å². The SMILES string of the molecule is COc1n[nH]c(NC(=O)C=Cc2ccc(OCc3cccnc3)cc2)n1. The fourth-order valence-corrected chi connectivity index (χ4v) is 2.05. The minimum atomic E-state index is -0.333. The summed E-state index contributed by atoms with van der Waals surface area (Å²) in [6.07, 6.45) is 6.58. The molecule has 3 rings (SSSR count). The van der Waals surface area contributed by atoms with Crippen molar-refractivity contribution in [2.75, 3.05) is 12.4 Å². The van der Waals surface area contributed by atoms with E-state index in [0.717, 1.165) is 16.9 Å². The van der Waals surface area contributed by atoms with Crippen LogP contribution in [-0.4, -0.2) is 33.2 Å². The maximum absolute atomic E-state index is 11.9. The summed E-state index contributed by atoms with van der Waals surface area (Å²) in [7, 11) is 1.44. The first-order valence-electron chi connectivity index (χ1n) is 7.80. The number of aromatic amines is 1. The molecule has 0 aliphatic carbocycles. The zero-order chi connectivity index (χ0) is 18.2. The van der Waals surface area contributed by atoms with Gasteiger partial charge in [0.15, 0.2) is 0 Å². The van der Waals surface area contributed by atoms with E-state index in [2.05, 4.69) is 25.5 Å². The Balaban J connectivity index is 1.51. The molecule has 0 saturated carbocycles. The third-order valence-electron chi connectivity index (χ3n) is 3.32. The van der Waals surface area contributed by atoms with Crippen molar-refractivity contribution in [2.45, 2.75) is 6.61 Å². The first-order chi connectivity index (χ1) is 12.7. The summed E-state index contributed by atoms with van der Waals surface area (Å²) in [5.41, 5.74) is 1.86. The second kappa shape index (κ2) is 8.43. The Kier molecular flexibility index (Phi) is 5.56. The number of pyridine rings is 1. The highest BCUT2D eigenvalue weighted by Gasteiger charge is 2.04.